The van der Waals surface area contributed by atoms with Crippen molar-refractivity contribution < 1.29 is 5.11 Å². The van der Waals surface area contributed by atoms with Crippen LogP contribution < -0.4 is 0 Å². The molecule has 4 saturated carbocycles. The maximum Gasteiger partial charge on any atom is 0.0622 e. The van der Waals surface area contributed by atoms with Crippen LogP contribution in [0.1, 0.15) is 98.8 Å². The van der Waals surface area contributed by atoms with Gasteiger partial charge in [-0.05, 0) is 144 Å². The predicted molar refractivity (Wildman–Crippen MR) is 132 cm³/mol. The lowest BCUT2D eigenvalue weighted by molar-refractivity contribution is -0.102. The van der Waals surface area contributed by atoms with Crippen molar-refractivity contribution >= 4 is 6.72 Å². The summed E-state index contributed by atoms with van der Waals surface area (Å²) in [5.41, 5.74) is 2.84. The number of hydrogen-bond donors (Lipinski definition) is 1. The summed E-state index contributed by atoms with van der Waals surface area (Å²) in [6, 6.07) is 0. The molecular formula is C29H47NO. The van der Waals surface area contributed by atoms with Crippen molar-refractivity contribution in [2.45, 2.75) is 104 Å². The molecule has 0 aromatic heterocycles. The van der Waals surface area contributed by atoms with Gasteiger partial charge >= 0.3 is 0 Å². The molecule has 4 rings (SSSR count). The van der Waals surface area contributed by atoms with Crippen molar-refractivity contribution in [3.8, 4) is 0 Å². The molecule has 0 heterocycles. The summed E-state index contributed by atoms with van der Waals surface area (Å²) in [7, 11) is 0. The Labute approximate surface area is 191 Å². The Morgan fingerprint density at radius 1 is 1.03 bits per heavy atom. The second-order valence-electron chi connectivity index (χ2n) is 12.6. The van der Waals surface area contributed by atoms with Gasteiger partial charge in [0, 0.05) is 6.20 Å². The largest absolute Gasteiger partial charge is 0.390 e. The maximum atomic E-state index is 10.6. The molecular weight excluding hydrogens is 378 g/mol. The van der Waals surface area contributed by atoms with Gasteiger partial charge in [0.15, 0.2) is 0 Å². The van der Waals surface area contributed by atoms with E-state index in [0.717, 1.165) is 54.3 Å². The minimum absolute atomic E-state index is 0.397. The number of hydrogen-bond acceptors (Lipinski definition) is 2. The molecule has 0 saturated heterocycles. The number of aliphatic imine (C=N–C) groups is 1. The highest BCUT2D eigenvalue weighted by Gasteiger charge is 2.58. The third-order valence-corrected chi connectivity index (χ3v) is 10.4. The lowest BCUT2D eigenvalue weighted by Crippen LogP contribution is -2.50. The van der Waals surface area contributed by atoms with Gasteiger partial charge in [-0.2, -0.15) is 0 Å². The molecule has 0 spiro atoms. The van der Waals surface area contributed by atoms with Crippen LogP contribution in [0.5, 0.6) is 0 Å². The molecule has 0 bridgehead atoms. The van der Waals surface area contributed by atoms with Crippen molar-refractivity contribution in [3.63, 3.8) is 0 Å². The van der Waals surface area contributed by atoms with Crippen LogP contribution in [0.3, 0.4) is 0 Å². The Hall–Kier alpha value is -0.890. The highest BCUT2D eigenvalue weighted by atomic mass is 16.3. The third-order valence-electron chi connectivity index (χ3n) is 10.4. The van der Waals surface area contributed by atoms with Crippen LogP contribution in [-0.4, -0.2) is 17.4 Å². The van der Waals surface area contributed by atoms with Gasteiger partial charge < -0.3 is 5.11 Å². The zero-order valence-corrected chi connectivity index (χ0v) is 20.9. The van der Waals surface area contributed by atoms with Gasteiger partial charge in [0.25, 0.3) is 0 Å². The fourth-order valence-corrected chi connectivity index (χ4v) is 9.34. The average Bonchev–Trinajstić information content (AvgIpc) is 3.04. The van der Waals surface area contributed by atoms with Gasteiger partial charge in [-0.3, -0.25) is 4.99 Å². The Morgan fingerprint density at radius 3 is 2.52 bits per heavy atom. The molecule has 0 aliphatic heterocycles. The first-order chi connectivity index (χ1) is 14.6. The molecule has 4 fully saturated rings. The monoisotopic (exact) mass is 425 g/mol. The third kappa shape index (κ3) is 4.48. The summed E-state index contributed by atoms with van der Waals surface area (Å²) in [5.74, 6) is 6.17. The first kappa shape index (κ1) is 23.3. The van der Waals surface area contributed by atoms with Crippen LogP contribution in [-0.2, 0) is 0 Å². The molecule has 4 aliphatic carbocycles. The van der Waals surface area contributed by atoms with E-state index in [9.17, 15) is 5.11 Å². The SMILES string of the molecule is C=N/C=C(C)\C=C(/C)C[C@@H](C)[C@H]1CC[C@H]2[C@@H]3CC[C@@H]4C[C@](C)(O)CC[C@@H]4[C@H]3CC[C@]12C. The molecule has 0 aromatic rings. The van der Waals surface area contributed by atoms with Crippen molar-refractivity contribution in [2.24, 2.45) is 51.8 Å². The van der Waals surface area contributed by atoms with E-state index >= 15 is 0 Å². The molecule has 0 amide bonds. The quantitative estimate of drug-likeness (QED) is 0.357. The first-order valence-electron chi connectivity index (χ1n) is 13.2. The lowest BCUT2D eigenvalue weighted by Gasteiger charge is -2.57. The highest BCUT2D eigenvalue weighted by molar-refractivity contribution is 5.29. The summed E-state index contributed by atoms with van der Waals surface area (Å²) >= 11 is 0. The molecule has 0 aromatic carbocycles. The molecule has 4 aliphatic rings. The fourth-order valence-electron chi connectivity index (χ4n) is 9.34. The van der Waals surface area contributed by atoms with E-state index in [-0.39, 0.29) is 0 Å². The average molecular weight is 426 g/mol. The number of aliphatic hydroxyl groups is 1. The van der Waals surface area contributed by atoms with Crippen LogP contribution in [0.25, 0.3) is 0 Å². The van der Waals surface area contributed by atoms with E-state index in [2.05, 4.69) is 52.4 Å². The molecule has 1 N–H and O–H groups in total. The zero-order chi connectivity index (χ0) is 22.4. The normalized spacial score (nSPS) is 46.6. The van der Waals surface area contributed by atoms with Gasteiger partial charge in [-0.15, -0.1) is 0 Å². The number of allylic oxidation sites excluding steroid dienone is 3. The lowest BCUT2D eigenvalue weighted by atomic mass is 9.48. The highest BCUT2D eigenvalue weighted by Crippen LogP contribution is 2.66. The van der Waals surface area contributed by atoms with Crippen LogP contribution in [0.15, 0.2) is 28.4 Å². The van der Waals surface area contributed by atoms with E-state index in [1.165, 1.54) is 62.5 Å². The van der Waals surface area contributed by atoms with Gasteiger partial charge in [-0.1, -0.05) is 25.5 Å². The second-order valence-corrected chi connectivity index (χ2v) is 12.6. The molecule has 174 valence electrons. The van der Waals surface area contributed by atoms with E-state index < -0.39 is 5.60 Å². The molecule has 2 heteroatoms. The van der Waals surface area contributed by atoms with Crippen LogP contribution in [0.4, 0.5) is 0 Å². The van der Waals surface area contributed by atoms with Crippen molar-refractivity contribution in [3.05, 3.63) is 23.4 Å². The Bertz CT molecular complexity index is 733. The molecule has 2 nitrogen and oxygen atoms in total. The number of nitrogens with zero attached hydrogens (tertiary/aromatic N) is 1. The minimum Gasteiger partial charge on any atom is -0.390 e. The smallest absolute Gasteiger partial charge is 0.0622 e. The van der Waals surface area contributed by atoms with E-state index in [1.54, 1.807) is 0 Å². The summed E-state index contributed by atoms with van der Waals surface area (Å²) in [6.07, 6.45) is 17.3. The Balaban J connectivity index is 1.45. The fraction of sp³-hybridized carbons (Fsp3) is 0.828. The first-order valence-corrected chi connectivity index (χ1v) is 13.2. The second kappa shape index (κ2) is 8.81. The predicted octanol–water partition coefficient (Wildman–Crippen LogP) is 7.58. The van der Waals surface area contributed by atoms with Crippen LogP contribution in [0, 0.1) is 46.8 Å². The van der Waals surface area contributed by atoms with Crippen molar-refractivity contribution in [1.82, 2.24) is 0 Å². The zero-order valence-electron chi connectivity index (χ0n) is 20.9. The van der Waals surface area contributed by atoms with E-state index in [1.807, 2.05) is 6.20 Å². The summed E-state index contributed by atoms with van der Waals surface area (Å²) < 4.78 is 0. The Kier molecular flexibility index (Phi) is 6.61. The molecule has 9 atom stereocenters. The molecule has 0 unspecified atom stereocenters. The topological polar surface area (TPSA) is 32.6 Å². The standard InChI is InChI=1S/C29H47NO/c1-19(15-20(2)18-30-6)16-21(3)26-9-10-27-25-8-7-22-17-28(4,31)13-11-23(22)24(25)12-14-29(26,27)5/h15,18,21-27,31H,6-14,16-17H2,1-5H3/b19-15+,20-18-/t21-,22-,23+,24-,25-,26-,27+,28-,29-/m1/s1. The summed E-state index contributed by atoms with van der Waals surface area (Å²) in [5, 5.41) is 10.6. The van der Waals surface area contributed by atoms with Gasteiger partial charge in [0.2, 0.25) is 0 Å². The molecule has 0 radical (unpaired) electrons. The van der Waals surface area contributed by atoms with Gasteiger partial charge in [-0.25, -0.2) is 0 Å². The van der Waals surface area contributed by atoms with Crippen LogP contribution >= 0.6 is 0 Å². The van der Waals surface area contributed by atoms with Gasteiger partial charge in [0.1, 0.15) is 0 Å². The van der Waals surface area contributed by atoms with Crippen molar-refractivity contribution in [2.75, 3.05) is 0 Å². The van der Waals surface area contributed by atoms with Crippen LogP contribution in [0.2, 0.25) is 0 Å². The number of fused-ring (bicyclic) bond motifs is 5. The van der Waals surface area contributed by atoms with Crippen molar-refractivity contribution in [1.29, 1.82) is 0 Å². The maximum absolute atomic E-state index is 10.6. The summed E-state index contributed by atoms with van der Waals surface area (Å²) in [4.78, 5) is 3.91. The summed E-state index contributed by atoms with van der Waals surface area (Å²) in [6.45, 7) is 15.3. The minimum atomic E-state index is -0.397. The molecule has 31 heavy (non-hydrogen) atoms. The Morgan fingerprint density at radius 2 is 1.77 bits per heavy atom. The van der Waals surface area contributed by atoms with E-state index in [0.29, 0.717) is 5.41 Å². The van der Waals surface area contributed by atoms with E-state index in [4.69, 9.17) is 0 Å². The number of rotatable bonds is 5. The van der Waals surface area contributed by atoms with Gasteiger partial charge in [0.05, 0.1) is 5.60 Å².